The van der Waals surface area contributed by atoms with Gasteiger partial charge in [-0.15, -0.1) is 0 Å². The highest BCUT2D eigenvalue weighted by molar-refractivity contribution is 5.41. The van der Waals surface area contributed by atoms with Crippen molar-refractivity contribution in [3.05, 3.63) is 23.9 Å². The number of hydrogen-bond donors (Lipinski definition) is 1. The van der Waals surface area contributed by atoms with E-state index in [-0.39, 0.29) is 0 Å². The summed E-state index contributed by atoms with van der Waals surface area (Å²) in [5, 5.41) is 3.42. The van der Waals surface area contributed by atoms with Crippen LogP contribution in [-0.2, 0) is 0 Å². The van der Waals surface area contributed by atoms with E-state index >= 15 is 0 Å². The quantitative estimate of drug-likeness (QED) is 0.909. The second-order valence-electron chi connectivity index (χ2n) is 7.03. The predicted molar refractivity (Wildman–Crippen MR) is 86.1 cm³/mol. The lowest BCUT2D eigenvalue weighted by Gasteiger charge is -2.27. The Morgan fingerprint density at radius 1 is 1.40 bits per heavy atom. The van der Waals surface area contributed by atoms with Crippen LogP contribution in [0.15, 0.2) is 18.3 Å². The van der Waals surface area contributed by atoms with E-state index in [0.29, 0.717) is 11.5 Å². The summed E-state index contributed by atoms with van der Waals surface area (Å²) in [5.41, 5.74) is 1.66. The molecule has 112 valence electrons. The molecule has 1 aromatic rings. The zero-order valence-corrected chi connectivity index (χ0v) is 13.6. The number of hydrogen-bond acceptors (Lipinski definition) is 3. The minimum absolute atomic E-state index is 0.377. The summed E-state index contributed by atoms with van der Waals surface area (Å²) < 4.78 is 0. The van der Waals surface area contributed by atoms with E-state index < -0.39 is 0 Å². The Morgan fingerprint density at radius 3 is 2.65 bits per heavy atom. The van der Waals surface area contributed by atoms with Gasteiger partial charge in [0.05, 0.1) is 0 Å². The summed E-state index contributed by atoms with van der Waals surface area (Å²) in [6.07, 6.45) is 3.30. The van der Waals surface area contributed by atoms with Crippen LogP contribution in [0.2, 0.25) is 0 Å². The first-order valence-corrected chi connectivity index (χ1v) is 7.86. The normalized spacial score (nSPS) is 21.2. The van der Waals surface area contributed by atoms with E-state index in [4.69, 9.17) is 0 Å². The molecule has 2 atom stereocenters. The minimum atomic E-state index is 0.377. The maximum atomic E-state index is 4.67. The van der Waals surface area contributed by atoms with Crippen LogP contribution in [0.1, 0.15) is 52.6 Å². The zero-order chi connectivity index (χ0) is 14.8. The summed E-state index contributed by atoms with van der Waals surface area (Å²) in [7, 11) is 0. The van der Waals surface area contributed by atoms with Crippen LogP contribution >= 0.6 is 0 Å². The lowest BCUT2D eigenvalue weighted by Crippen LogP contribution is -2.26. The number of anilines is 1. The lowest BCUT2D eigenvalue weighted by atomic mass is 9.80. The molecule has 2 rings (SSSR count). The van der Waals surface area contributed by atoms with E-state index in [2.05, 4.69) is 62.0 Å². The van der Waals surface area contributed by atoms with Gasteiger partial charge in [0.15, 0.2) is 0 Å². The molecule has 1 N–H and O–H groups in total. The van der Waals surface area contributed by atoms with Crippen molar-refractivity contribution in [3.8, 4) is 0 Å². The van der Waals surface area contributed by atoms with Crippen molar-refractivity contribution < 1.29 is 0 Å². The molecule has 1 fully saturated rings. The first kappa shape index (κ1) is 15.3. The maximum absolute atomic E-state index is 4.67. The first-order valence-electron chi connectivity index (χ1n) is 7.86. The summed E-state index contributed by atoms with van der Waals surface area (Å²) in [6, 6.07) is 4.76. The average molecular weight is 275 g/mol. The molecule has 1 aliphatic heterocycles. The summed E-state index contributed by atoms with van der Waals surface area (Å²) in [4.78, 5) is 7.09. The maximum Gasteiger partial charge on any atom is 0.128 e. The molecule has 3 nitrogen and oxygen atoms in total. The average Bonchev–Trinajstić information content (AvgIpc) is 2.89. The van der Waals surface area contributed by atoms with E-state index in [9.17, 15) is 0 Å². The highest BCUT2D eigenvalue weighted by Crippen LogP contribution is 2.35. The molecule has 0 aliphatic carbocycles. The van der Waals surface area contributed by atoms with Crippen molar-refractivity contribution in [3.63, 3.8) is 0 Å². The molecule has 1 aliphatic rings. The van der Waals surface area contributed by atoms with Gasteiger partial charge in [0, 0.05) is 25.3 Å². The molecule has 0 radical (unpaired) electrons. The Kier molecular flexibility index (Phi) is 4.69. The van der Waals surface area contributed by atoms with Crippen LogP contribution in [0.5, 0.6) is 0 Å². The van der Waals surface area contributed by atoms with Crippen LogP contribution in [0.4, 0.5) is 5.82 Å². The molecule has 0 spiro atoms. The van der Waals surface area contributed by atoms with Gasteiger partial charge in [-0.2, -0.15) is 0 Å². The van der Waals surface area contributed by atoms with Crippen molar-refractivity contribution in [1.29, 1.82) is 0 Å². The van der Waals surface area contributed by atoms with Crippen molar-refractivity contribution in [1.82, 2.24) is 10.3 Å². The first-order chi connectivity index (χ1) is 9.41. The molecule has 0 aromatic carbocycles. The second kappa shape index (κ2) is 6.13. The van der Waals surface area contributed by atoms with E-state index in [1.165, 1.54) is 12.0 Å². The molecule has 0 bridgehead atoms. The van der Waals surface area contributed by atoms with E-state index in [1.54, 1.807) is 0 Å². The molecule has 3 heteroatoms. The van der Waals surface area contributed by atoms with Gasteiger partial charge in [-0.25, -0.2) is 4.98 Å². The molecular formula is C17H29N3. The third kappa shape index (κ3) is 3.51. The number of nitrogens with zero attached hydrogens (tertiary/aromatic N) is 2. The lowest BCUT2D eigenvalue weighted by molar-refractivity contribution is 0.263. The standard InChI is InChI=1S/C17H29N3/c1-6-18-13(2)14-7-8-16(19-11-14)20-10-9-15(12-20)17(3,4)5/h7-8,11,13,15,18H,6,9-10,12H2,1-5H3. The van der Waals surface area contributed by atoms with Crippen LogP contribution in [0, 0.1) is 11.3 Å². The van der Waals surface area contributed by atoms with Crippen LogP contribution in [-0.4, -0.2) is 24.6 Å². The highest BCUT2D eigenvalue weighted by Gasteiger charge is 2.32. The van der Waals surface area contributed by atoms with E-state index in [0.717, 1.165) is 31.4 Å². The molecule has 20 heavy (non-hydrogen) atoms. The SMILES string of the molecule is CCNC(C)c1ccc(N2CCC(C(C)(C)C)C2)nc1. The molecular weight excluding hydrogens is 246 g/mol. The van der Waals surface area contributed by atoms with Gasteiger partial charge in [0.2, 0.25) is 0 Å². The summed E-state index contributed by atoms with van der Waals surface area (Å²) in [6.45, 7) is 14.6. The van der Waals surface area contributed by atoms with Crippen molar-refractivity contribution in [2.45, 2.75) is 47.1 Å². The van der Waals surface area contributed by atoms with E-state index in [1.807, 2.05) is 6.20 Å². The third-order valence-corrected chi connectivity index (χ3v) is 4.52. The Labute approximate surface area is 123 Å². The number of aromatic nitrogens is 1. The van der Waals surface area contributed by atoms with Gasteiger partial charge in [-0.3, -0.25) is 0 Å². The highest BCUT2D eigenvalue weighted by atomic mass is 15.2. The fraction of sp³-hybridized carbons (Fsp3) is 0.706. The van der Waals surface area contributed by atoms with Crippen molar-refractivity contribution in [2.75, 3.05) is 24.5 Å². The zero-order valence-electron chi connectivity index (χ0n) is 13.6. The number of rotatable bonds is 4. The second-order valence-corrected chi connectivity index (χ2v) is 7.03. The van der Waals surface area contributed by atoms with Crippen LogP contribution < -0.4 is 10.2 Å². The molecule has 1 aromatic heterocycles. The van der Waals surface area contributed by atoms with Gasteiger partial charge in [0.25, 0.3) is 0 Å². The van der Waals surface area contributed by atoms with Gasteiger partial charge >= 0.3 is 0 Å². The number of nitrogens with one attached hydrogen (secondary N) is 1. The topological polar surface area (TPSA) is 28.2 Å². The van der Waals surface area contributed by atoms with Crippen molar-refractivity contribution in [2.24, 2.45) is 11.3 Å². The molecule has 0 amide bonds. The Balaban J connectivity index is 2.01. The van der Waals surface area contributed by atoms with Crippen LogP contribution in [0.3, 0.4) is 0 Å². The largest absolute Gasteiger partial charge is 0.356 e. The Hall–Kier alpha value is -1.09. The monoisotopic (exact) mass is 275 g/mol. The van der Waals surface area contributed by atoms with Crippen LogP contribution in [0.25, 0.3) is 0 Å². The summed E-state index contributed by atoms with van der Waals surface area (Å²) >= 11 is 0. The van der Waals surface area contributed by atoms with Crippen molar-refractivity contribution >= 4 is 5.82 Å². The van der Waals surface area contributed by atoms with Gasteiger partial charge in [-0.1, -0.05) is 33.8 Å². The smallest absolute Gasteiger partial charge is 0.128 e. The number of pyridine rings is 1. The fourth-order valence-electron chi connectivity index (χ4n) is 2.94. The van der Waals surface area contributed by atoms with Gasteiger partial charge in [0.1, 0.15) is 5.82 Å². The fourth-order valence-corrected chi connectivity index (χ4v) is 2.94. The molecule has 2 unspecified atom stereocenters. The minimum Gasteiger partial charge on any atom is -0.356 e. The Bertz CT molecular complexity index is 419. The van der Waals surface area contributed by atoms with Gasteiger partial charge in [-0.05, 0) is 42.9 Å². The summed E-state index contributed by atoms with van der Waals surface area (Å²) in [5.74, 6) is 1.90. The third-order valence-electron chi connectivity index (χ3n) is 4.52. The molecule has 2 heterocycles. The molecule has 1 saturated heterocycles. The Morgan fingerprint density at radius 2 is 2.15 bits per heavy atom. The van der Waals surface area contributed by atoms with Gasteiger partial charge < -0.3 is 10.2 Å². The molecule has 0 saturated carbocycles. The predicted octanol–water partition coefficient (Wildman–Crippen LogP) is 3.62.